The first kappa shape index (κ1) is 13.7. The van der Waals surface area contributed by atoms with Crippen molar-refractivity contribution < 1.29 is 5.11 Å². The van der Waals surface area contributed by atoms with Gasteiger partial charge in [-0.15, -0.1) is 0 Å². The van der Waals surface area contributed by atoms with Gasteiger partial charge in [0.25, 0.3) is 5.56 Å². The molecule has 2 aliphatic heterocycles. The zero-order chi connectivity index (χ0) is 16.3. The van der Waals surface area contributed by atoms with Crippen LogP contribution in [0.3, 0.4) is 0 Å². The molecule has 120 valence electrons. The summed E-state index contributed by atoms with van der Waals surface area (Å²) in [6.07, 6.45) is 3.82. The first-order valence-electron chi connectivity index (χ1n) is 8.24. The Morgan fingerprint density at radius 1 is 1.12 bits per heavy atom. The second-order valence-corrected chi connectivity index (χ2v) is 6.56. The van der Waals surface area contributed by atoms with Gasteiger partial charge < -0.3 is 14.2 Å². The van der Waals surface area contributed by atoms with Crippen LogP contribution in [-0.4, -0.2) is 19.2 Å². The number of nitrogens with zero attached hydrogens (tertiary/aromatic N) is 3. The third-order valence-electron chi connectivity index (χ3n) is 5.40. The molecule has 3 atom stereocenters. The molecular formula is C19H17N3O2. The molecule has 1 N–H and O–H groups in total. The topological polar surface area (TPSA) is 60.0 Å². The molecule has 0 spiro atoms. The fourth-order valence-corrected chi connectivity index (χ4v) is 4.33. The maximum Gasteiger partial charge on any atom is 0.250 e. The highest BCUT2D eigenvalue weighted by atomic mass is 16.3. The summed E-state index contributed by atoms with van der Waals surface area (Å²) in [4.78, 5) is 16.3. The lowest BCUT2D eigenvalue weighted by Gasteiger charge is -2.35. The molecule has 0 radical (unpaired) electrons. The highest BCUT2D eigenvalue weighted by Crippen LogP contribution is 2.48. The van der Waals surface area contributed by atoms with E-state index in [-0.39, 0.29) is 17.5 Å². The number of fused-ring (bicyclic) bond motifs is 4. The number of rotatable bonds is 1. The second kappa shape index (κ2) is 4.92. The summed E-state index contributed by atoms with van der Waals surface area (Å²) in [5.74, 6) is 0.0170. The molecule has 3 unspecified atom stereocenters. The molecule has 0 saturated carbocycles. The summed E-state index contributed by atoms with van der Waals surface area (Å²) in [7, 11) is 0. The van der Waals surface area contributed by atoms with Gasteiger partial charge in [0.05, 0.1) is 36.1 Å². The minimum Gasteiger partial charge on any atom is -0.386 e. The number of aliphatic hydroxyl groups excluding tert-OH is 1. The van der Waals surface area contributed by atoms with Crippen molar-refractivity contribution in [2.45, 2.75) is 25.1 Å². The average Bonchev–Trinajstić information content (AvgIpc) is 3.17. The Labute approximate surface area is 138 Å². The molecule has 0 fully saturated rings. The molecular weight excluding hydrogens is 302 g/mol. The van der Waals surface area contributed by atoms with E-state index in [4.69, 9.17) is 0 Å². The van der Waals surface area contributed by atoms with E-state index in [9.17, 15) is 9.90 Å². The van der Waals surface area contributed by atoms with Crippen LogP contribution in [0, 0.1) is 5.92 Å². The predicted octanol–water partition coefficient (Wildman–Crippen LogP) is 2.37. The summed E-state index contributed by atoms with van der Waals surface area (Å²) in [6.45, 7) is 0.638. The summed E-state index contributed by atoms with van der Waals surface area (Å²) in [6, 6.07) is 13.5. The Balaban J connectivity index is 1.64. The van der Waals surface area contributed by atoms with Crippen LogP contribution in [0.25, 0.3) is 11.3 Å². The fraction of sp³-hybridized carbons (Fsp3) is 0.263. The Hall–Kier alpha value is -2.66. The Morgan fingerprint density at radius 3 is 2.92 bits per heavy atom. The Kier molecular flexibility index (Phi) is 2.82. The number of pyridine rings is 1. The summed E-state index contributed by atoms with van der Waals surface area (Å²) in [5.41, 5.74) is 4.18. The van der Waals surface area contributed by atoms with Crippen molar-refractivity contribution in [3.8, 4) is 11.3 Å². The third-order valence-corrected chi connectivity index (χ3v) is 5.40. The number of imidazole rings is 1. The van der Waals surface area contributed by atoms with Gasteiger partial charge in [-0.2, -0.15) is 0 Å². The highest BCUT2D eigenvalue weighted by Gasteiger charge is 2.40. The van der Waals surface area contributed by atoms with Crippen molar-refractivity contribution in [3.63, 3.8) is 0 Å². The lowest BCUT2D eigenvalue weighted by molar-refractivity contribution is 0.0536. The van der Waals surface area contributed by atoms with Gasteiger partial charge in [-0.1, -0.05) is 30.3 Å². The first-order chi connectivity index (χ1) is 11.8. The standard InChI is InChI=1S/C19H17N3O2/c23-17-7-3-6-15-19(24)14(8-9-21(15)17)18-13-5-2-1-4-12(13)16-10-20-11-22(16)18/h1-7,10-11,14,18-19,24H,8-9H2. The molecule has 5 nitrogen and oxygen atoms in total. The van der Waals surface area contributed by atoms with Crippen LogP contribution < -0.4 is 5.56 Å². The smallest absolute Gasteiger partial charge is 0.250 e. The predicted molar refractivity (Wildman–Crippen MR) is 89.6 cm³/mol. The minimum absolute atomic E-state index is 0.0170. The van der Waals surface area contributed by atoms with Crippen LogP contribution in [0.4, 0.5) is 0 Å². The van der Waals surface area contributed by atoms with E-state index in [1.165, 1.54) is 11.1 Å². The molecule has 0 amide bonds. The summed E-state index contributed by atoms with van der Waals surface area (Å²) >= 11 is 0. The van der Waals surface area contributed by atoms with Crippen LogP contribution in [0.15, 0.2) is 59.8 Å². The average molecular weight is 319 g/mol. The van der Waals surface area contributed by atoms with Crippen LogP contribution in [0.2, 0.25) is 0 Å². The molecule has 2 aliphatic rings. The van der Waals surface area contributed by atoms with Gasteiger partial charge in [-0.05, 0) is 18.1 Å². The number of hydrogen-bond donors (Lipinski definition) is 1. The molecule has 2 aromatic heterocycles. The van der Waals surface area contributed by atoms with Crippen LogP contribution in [-0.2, 0) is 6.54 Å². The Bertz CT molecular complexity index is 988. The number of benzene rings is 1. The minimum atomic E-state index is -0.668. The molecule has 3 aromatic rings. The van der Waals surface area contributed by atoms with Gasteiger partial charge in [-0.25, -0.2) is 4.98 Å². The molecule has 5 heteroatoms. The zero-order valence-electron chi connectivity index (χ0n) is 13.0. The van der Waals surface area contributed by atoms with E-state index in [1.807, 2.05) is 30.7 Å². The largest absolute Gasteiger partial charge is 0.386 e. The number of hydrogen-bond acceptors (Lipinski definition) is 3. The van der Waals surface area contributed by atoms with Crippen molar-refractivity contribution in [1.29, 1.82) is 0 Å². The maximum absolute atomic E-state index is 12.0. The van der Waals surface area contributed by atoms with Crippen LogP contribution >= 0.6 is 0 Å². The third kappa shape index (κ3) is 1.73. The zero-order valence-corrected chi connectivity index (χ0v) is 13.0. The van der Waals surface area contributed by atoms with E-state index < -0.39 is 6.10 Å². The SMILES string of the molecule is O=c1cccc2n1CCC(C1c3ccccc3-c3cncn31)C2O. The van der Waals surface area contributed by atoms with Gasteiger partial charge in [0, 0.05) is 24.1 Å². The van der Waals surface area contributed by atoms with Crippen molar-refractivity contribution in [2.24, 2.45) is 5.92 Å². The van der Waals surface area contributed by atoms with Gasteiger partial charge in [0.15, 0.2) is 0 Å². The van der Waals surface area contributed by atoms with Gasteiger partial charge in [0.1, 0.15) is 0 Å². The lowest BCUT2D eigenvalue weighted by Crippen LogP contribution is -2.36. The first-order valence-corrected chi connectivity index (χ1v) is 8.24. The quantitative estimate of drug-likeness (QED) is 0.749. The number of aliphatic hydroxyl groups is 1. The summed E-state index contributed by atoms with van der Waals surface area (Å²) < 4.78 is 3.85. The number of aromatic nitrogens is 3. The van der Waals surface area contributed by atoms with Crippen LogP contribution in [0.1, 0.15) is 29.8 Å². The molecule has 0 aliphatic carbocycles. The highest BCUT2D eigenvalue weighted by molar-refractivity contribution is 5.69. The van der Waals surface area contributed by atoms with Gasteiger partial charge in [0.2, 0.25) is 0 Å². The molecule has 4 heterocycles. The fourth-order valence-electron chi connectivity index (χ4n) is 4.33. The van der Waals surface area contributed by atoms with Crippen molar-refractivity contribution in [3.05, 3.63) is 76.6 Å². The monoisotopic (exact) mass is 319 g/mol. The van der Waals surface area contributed by atoms with E-state index in [1.54, 1.807) is 16.7 Å². The van der Waals surface area contributed by atoms with Gasteiger partial charge in [-0.3, -0.25) is 4.79 Å². The van der Waals surface area contributed by atoms with Crippen molar-refractivity contribution in [1.82, 2.24) is 14.1 Å². The van der Waals surface area contributed by atoms with Crippen molar-refractivity contribution >= 4 is 0 Å². The summed E-state index contributed by atoms with van der Waals surface area (Å²) in [5, 5.41) is 11.0. The van der Waals surface area contributed by atoms with E-state index in [2.05, 4.69) is 21.7 Å². The van der Waals surface area contributed by atoms with Gasteiger partial charge >= 0.3 is 0 Å². The lowest BCUT2D eigenvalue weighted by atomic mass is 9.82. The normalized spacial score (nSPS) is 24.3. The molecule has 1 aromatic carbocycles. The maximum atomic E-state index is 12.0. The van der Waals surface area contributed by atoms with E-state index >= 15 is 0 Å². The molecule has 0 saturated heterocycles. The molecule has 0 bridgehead atoms. The Morgan fingerprint density at radius 2 is 2.00 bits per heavy atom. The van der Waals surface area contributed by atoms with E-state index in [0.29, 0.717) is 12.2 Å². The second-order valence-electron chi connectivity index (χ2n) is 6.56. The van der Waals surface area contributed by atoms with Crippen LogP contribution in [0.5, 0.6) is 0 Å². The van der Waals surface area contributed by atoms with E-state index in [0.717, 1.165) is 12.1 Å². The molecule has 5 rings (SSSR count). The molecule has 24 heavy (non-hydrogen) atoms. The van der Waals surface area contributed by atoms with Crippen molar-refractivity contribution in [2.75, 3.05) is 0 Å².